The van der Waals surface area contributed by atoms with Crippen molar-refractivity contribution in [3.05, 3.63) is 0 Å². The molecule has 0 saturated heterocycles. The number of carbonyl (C=O) groups is 1. The molecule has 2 rings (SSSR count). The van der Waals surface area contributed by atoms with Gasteiger partial charge in [0.1, 0.15) is 0 Å². The highest BCUT2D eigenvalue weighted by molar-refractivity contribution is 5.76. The van der Waals surface area contributed by atoms with Gasteiger partial charge in [-0.1, -0.05) is 6.42 Å². The minimum Gasteiger partial charge on any atom is -0.356 e. The molecule has 0 spiro atoms. The van der Waals surface area contributed by atoms with Gasteiger partial charge in [0.2, 0.25) is 5.91 Å². The average molecular weight is 329 g/mol. The fourth-order valence-corrected chi connectivity index (χ4v) is 3.10. The van der Waals surface area contributed by atoms with Crippen molar-refractivity contribution in [3.8, 4) is 12.3 Å². The molecule has 1 amide bonds. The van der Waals surface area contributed by atoms with Gasteiger partial charge in [0.15, 0.2) is 5.66 Å². The summed E-state index contributed by atoms with van der Waals surface area (Å²) in [5.74, 6) is 1.05. The molecule has 1 aliphatic heterocycles. The lowest BCUT2D eigenvalue weighted by atomic mass is 9.81. The van der Waals surface area contributed by atoms with E-state index in [1.807, 2.05) is 0 Å². The maximum atomic E-state index is 12.8. The third-order valence-electron chi connectivity index (χ3n) is 4.64. The topological polar surface area (TPSA) is 53.8 Å². The van der Waals surface area contributed by atoms with E-state index in [1.54, 1.807) is 0 Å². The summed E-state index contributed by atoms with van der Waals surface area (Å²) in [4.78, 5) is 11.9. The zero-order chi connectivity index (χ0) is 16.9. The molecule has 2 unspecified atom stereocenters. The summed E-state index contributed by atoms with van der Waals surface area (Å²) in [5, 5.41) is 10.7. The Labute approximate surface area is 134 Å². The van der Waals surface area contributed by atoms with Gasteiger partial charge in [0.25, 0.3) is 0 Å². The van der Waals surface area contributed by atoms with E-state index in [1.165, 1.54) is 0 Å². The van der Waals surface area contributed by atoms with Crippen LogP contribution in [0.4, 0.5) is 13.2 Å². The fourth-order valence-electron chi connectivity index (χ4n) is 3.10. The number of hydrogen-bond acceptors (Lipinski definition) is 3. The van der Waals surface area contributed by atoms with Crippen LogP contribution in [-0.2, 0) is 4.79 Å². The minimum absolute atomic E-state index is 0.0926. The van der Waals surface area contributed by atoms with Gasteiger partial charge in [-0.2, -0.15) is 23.4 Å². The van der Waals surface area contributed by atoms with Crippen molar-refractivity contribution >= 4 is 5.91 Å². The molecule has 0 aromatic heterocycles. The van der Waals surface area contributed by atoms with E-state index in [-0.39, 0.29) is 31.1 Å². The molecule has 1 fully saturated rings. The summed E-state index contributed by atoms with van der Waals surface area (Å²) in [6.45, 7) is 0.317. The third kappa shape index (κ3) is 5.52. The lowest BCUT2D eigenvalue weighted by molar-refractivity contribution is -0.185. The van der Waals surface area contributed by atoms with E-state index in [9.17, 15) is 18.0 Å². The second-order valence-electron chi connectivity index (χ2n) is 6.46. The molecule has 2 aliphatic rings. The van der Waals surface area contributed by atoms with Gasteiger partial charge in [-0.05, 0) is 25.2 Å². The third-order valence-corrected chi connectivity index (χ3v) is 4.64. The first-order valence-corrected chi connectivity index (χ1v) is 8.05. The molecule has 1 heterocycles. The van der Waals surface area contributed by atoms with Crippen molar-refractivity contribution in [1.82, 2.24) is 5.32 Å². The Bertz CT molecular complexity index is 490. The summed E-state index contributed by atoms with van der Waals surface area (Å²) >= 11 is 0. The Morgan fingerprint density at radius 2 is 2.04 bits per heavy atom. The zero-order valence-electron chi connectivity index (χ0n) is 13.0. The van der Waals surface area contributed by atoms with Gasteiger partial charge in [0.05, 0.1) is 5.92 Å². The van der Waals surface area contributed by atoms with Gasteiger partial charge in [-0.25, -0.2) is 0 Å². The molecule has 0 aromatic carbocycles. The van der Waals surface area contributed by atoms with Gasteiger partial charge < -0.3 is 5.32 Å². The van der Waals surface area contributed by atoms with Gasteiger partial charge in [-0.3, -0.25) is 4.79 Å². The van der Waals surface area contributed by atoms with Crippen LogP contribution < -0.4 is 5.32 Å². The van der Waals surface area contributed by atoms with Crippen LogP contribution in [0.2, 0.25) is 0 Å². The van der Waals surface area contributed by atoms with Gasteiger partial charge >= 0.3 is 6.18 Å². The molecular formula is C16H22F3N3O. The number of halogens is 3. The lowest BCUT2D eigenvalue weighted by Crippen LogP contribution is -2.35. The molecule has 0 aromatic rings. The Kier molecular flexibility index (Phi) is 5.66. The van der Waals surface area contributed by atoms with Crippen molar-refractivity contribution in [2.75, 3.05) is 6.54 Å². The normalized spacial score (nSPS) is 25.7. The van der Waals surface area contributed by atoms with Crippen molar-refractivity contribution in [1.29, 1.82) is 0 Å². The Morgan fingerprint density at radius 1 is 1.30 bits per heavy atom. The first kappa shape index (κ1) is 17.8. The lowest BCUT2D eigenvalue weighted by Gasteiger charge is -2.30. The molecule has 128 valence electrons. The van der Waals surface area contributed by atoms with E-state index in [4.69, 9.17) is 6.42 Å². The smallest absolute Gasteiger partial charge is 0.356 e. The van der Waals surface area contributed by atoms with Crippen LogP contribution in [0.3, 0.4) is 0 Å². The quantitative estimate of drug-likeness (QED) is 0.709. The summed E-state index contributed by atoms with van der Waals surface area (Å²) in [5.41, 5.74) is -0.490. The molecule has 23 heavy (non-hydrogen) atoms. The average Bonchev–Trinajstić information content (AvgIpc) is 3.29. The molecule has 1 N–H and O–H groups in total. The minimum atomic E-state index is -4.12. The standard InChI is InChI=1S/C16H22F3N3O/c1-2-3-8-15(21-22-15)9-7-14(23)20-11-12-5-4-6-13(10-12)16(17,18)19/h1,12-13H,3-11H2,(H,20,23). The van der Waals surface area contributed by atoms with E-state index in [2.05, 4.69) is 21.5 Å². The fraction of sp³-hybridized carbons (Fsp3) is 0.812. The van der Waals surface area contributed by atoms with Crippen molar-refractivity contribution < 1.29 is 18.0 Å². The molecule has 4 nitrogen and oxygen atoms in total. The van der Waals surface area contributed by atoms with E-state index < -0.39 is 17.8 Å². The van der Waals surface area contributed by atoms with E-state index in [0.29, 0.717) is 32.2 Å². The highest BCUT2D eigenvalue weighted by atomic mass is 19.4. The van der Waals surface area contributed by atoms with Crippen LogP contribution in [0, 0.1) is 24.2 Å². The first-order valence-electron chi connectivity index (χ1n) is 8.05. The number of amides is 1. The summed E-state index contributed by atoms with van der Waals surface area (Å²) in [7, 11) is 0. The maximum Gasteiger partial charge on any atom is 0.391 e. The zero-order valence-corrected chi connectivity index (χ0v) is 13.0. The number of terminal acetylenes is 1. The first-order chi connectivity index (χ1) is 10.8. The van der Waals surface area contributed by atoms with Crippen molar-refractivity contribution in [2.45, 2.75) is 63.2 Å². The predicted octanol–water partition coefficient (Wildman–Crippen LogP) is 3.83. The molecule has 1 saturated carbocycles. The Morgan fingerprint density at radius 3 is 2.65 bits per heavy atom. The number of hydrogen-bond donors (Lipinski definition) is 1. The van der Waals surface area contributed by atoms with Crippen LogP contribution in [0.1, 0.15) is 51.4 Å². The molecule has 0 bridgehead atoms. The van der Waals surface area contributed by atoms with Crippen molar-refractivity contribution in [3.63, 3.8) is 0 Å². The van der Waals surface area contributed by atoms with E-state index in [0.717, 1.165) is 6.42 Å². The molecule has 1 aliphatic carbocycles. The summed E-state index contributed by atoms with van der Waals surface area (Å²) in [6.07, 6.45) is 4.69. The van der Waals surface area contributed by atoms with Crippen LogP contribution in [0.15, 0.2) is 10.2 Å². The summed E-state index contributed by atoms with van der Waals surface area (Å²) in [6, 6.07) is 0. The molecular weight excluding hydrogens is 307 g/mol. The largest absolute Gasteiger partial charge is 0.391 e. The SMILES string of the molecule is C#CCCC1(CCC(=O)NCC2CCCC(C(F)(F)F)C2)N=N1. The van der Waals surface area contributed by atoms with E-state index >= 15 is 0 Å². The molecule has 7 heteroatoms. The highest BCUT2D eigenvalue weighted by Crippen LogP contribution is 2.40. The number of nitrogens with one attached hydrogen (secondary N) is 1. The van der Waals surface area contributed by atoms with Gasteiger partial charge in [0, 0.05) is 32.2 Å². The molecule has 0 radical (unpaired) electrons. The molecule has 2 atom stereocenters. The van der Waals surface area contributed by atoms with Crippen LogP contribution >= 0.6 is 0 Å². The second kappa shape index (κ2) is 7.33. The maximum absolute atomic E-state index is 12.8. The van der Waals surface area contributed by atoms with Gasteiger partial charge in [-0.15, -0.1) is 12.3 Å². The number of alkyl halides is 3. The number of rotatable bonds is 7. The Balaban J connectivity index is 1.66. The second-order valence-corrected chi connectivity index (χ2v) is 6.46. The monoisotopic (exact) mass is 329 g/mol. The number of carbonyl (C=O) groups excluding carboxylic acids is 1. The predicted molar refractivity (Wildman–Crippen MR) is 79.4 cm³/mol. The summed E-state index contributed by atoms with van der Waals surface area (Å²) < 4.78 is 38.3. The van der Waals surface area contributed by atoms with Crippen LogP contribution in [0.25, 0.3) is 0 Å². The highest BCUT2D eigenvalue weighted by Gasteiger charge is 2.42. The van der Waals surface area contributed by atoms with Crippen LogP contribution in [0.5, 0.6) is 0 Å². The Hall–Kier alpha value is -1.58. The number of nitrogens with zero attached hydrogens (tertiary/aromatic N) is 2. The van der Waals surface area contributed by atoms with Crippen molar-refractivity contribution in [2.24, 2.45) is 22.1 Å². The van der Waals surface area contributed by atoms with Crippen LogP contribution in [-0.4, -0.2) is 24.3 Å².